The Labute approximate surface area is 289 Å². The van der Waals surface area contributed by atoms with E-state index in [4.69, 9.17) is 25.2 Å². The molecule has 0 radical (unpaired) electrons. The molecule has 12 heteroatoms. The number of rotatable bonds is 10. The summed E-state index contributed by atoms with van der Waals surface area (Å²) in [5.41, 5.74) is 10.6. The van der Waals surface area contributed by atoms with Crippen LogP contribution in [-0.2, 0) is 11.2 Å². The second-order valence-electron chi connectivity index (χ2n) is 14.3. The molecule has 3 saturated heterocycles. The van der Waals surface area contributed by atoms with Crippen LogP contribution in [0, 0.1) is 5.41 Å². The predicted octanol–water partition coefficient (Wildman–Crippen LogP) is 4.54. The molecule has 0 atom stereocenters. The normalized spacial score (nSPS) is 20.6. The van der Waals surface area contributed by atoms with Crippen molar-refractivity contribution in [3.05, 3.63) is 47.8 Å². The van der Waals surface area contributed by atoms with Gasteiger partial charge in [-0.15, -0.1) is 0 Å². The van der Waals surface area contributed by atoms with Crippen molar-refractivity contribution < 1.29 is 14.3 Å². The van der Waals surface area contributed by atoms with Gasteiger partial charge in [-0.1, -0.05) is 6.92 Å². The fourth-order valence-electron chi connectivity index (χ4n) is 8.24. The molecular weight excluding hydrogens is 618 g/mol. The highest BCUT2D eigenvalue weighted by molar-refractivity contribution is 5.97. The number of piperazine rings is 1. The molecule has 49 heavy (non-hydrogen) atoms. The molecule has 1 saturated carbocycles. The molecule has 4 aliphatic rings. The Kier molecular flexibility index (Phi) is 9.89. The number of carbonyl (C=O) groups excluding carboxylic acids is 1. The van der Waals surface area contributed by atoms with Gasteiger partial charge >= 0.3 is 0 Å². The number of methoxy groups -OCH3 is 1. The number of aryl methyl sites for hydroxylation is 1. The van der Waals surface area contributed by atoms with Crippen molar-refractivity contribution in [3.8, 4) is 17.1 Å². The molecule has 4 N–H and O–H groups in total. The van der Waals surface area contributed by atoms with Gasteiger partial charge in [0.25, 0.3) is 5.91 Å². The third-order valence-electron chi connectivity index (χ3n) is 11.2. The Hall–Kier alpha value is -4.00. The van der Waals surface area contributed by atoms with Crippen LogP contribution in [0.4, 0.5) is 23.0 Å². The number of hydrogen-bond donors (Lipinski definition) is 3. The zero-order chi connectivity index (χ0) is 34.0. The largest absolute Gasteiger partial charge is 0.494 e. The summed E-state index contributed by atoms with van der Waals surface area (Å²) in [5.74, 6) is 0.739. The van der Waals surface area contributed by atoms with Crippen LogP contribution in [0.15, 0.2) is 36.5 Å². The van der Waals surface area contributed by atoms with Gasteiger partial charge in [-0.2, -0.15) is 0 Å². The average molecular weight is 670 g/mol. The van der Waals surface area contributed by atoms with E-state index in [1.54, 1.807) is 19.4 Å². The van der Waals surface area contributed by atoms with Gasteiger partial charge in [-0.3, -0.25) is 14.7 Å². The summed E-state index contributed by atoms with van der Waals surface area (Å²) in [7, 11) is 3.81. The lowest BCUT2D eigenvalue weighted by molar-refractivity contribution is -0.0342. The highest BCUT2D eigenvalue weighted by Crippen LogP contribution is 2.50. The topological polar surface area (TPSA) is 134 Å². The summed E-state index contributed by atoms with van der Waals surface area (Å²) in [6, 6.07) is 10.9. The number of aromatic nitrogens is 3. The summed E-state index contributed by atoms with van der Waals surface area (Å²) < 4.78 is 11.3. The highest BCUT2D eigenvalue weighted by Gasteiger charge is 2.45. The first-order chi connectivity index (χ1) is 23.8. The molecule has 262 valence electrons. The van der Waals surface area contributed by atoms with E-state index < -0.39 is 5.91 Å². The quantitative estimate of drug-likeness (QED) is 0.281. The predicted molar refractivity (Wildman–Crippen MR) is 193 cm³/mol. The molecule has 7 rings (SSSR count). The van der Waals surface area contributed by atoms with Crippen LogP contribution in [0.2, 0.25) is 0 Å². The van der Waals surface area contributed by atoms with Crippen LogP contribution >= 0.6 is 0 Å². The molecule has 3 aliphatic heterocycles. The highest BCUT2D eigenvalue weighted by atomic mass is 16.5. The molecule has 12 nitrogen and oxygen atoms in total. The van der Waals surface area contributed by atoms with E-state index in [2.05, 4.69) is 62.5 Å². The number of ether oxygens (including phenoxy) is 2. The minimum Gasteiger partial charge on any atom is -0.494 e. The van der Waals surface area contributed by atoms with E-state index in [9.17, 15) is 4.79 Å². The molecule has 3 aromatic rings. The Morgan fingerprint density at radius 3 is 2.47 bits per heavy atom. The van der Waals surface area contributed by atoms with Gasteiger partial charge in [-0.25, -0.2) is 9.97 Å². The molecular formula is C37H51N9O3. The van der Waals surface area contributed by atoms with Gasteiger partial charge in [0.05, 0.1) is 7.11 Å². The summed E-state index contributed by atoms with van der Waals surface area (Å²) in [6.45, 7) is 10.6. The minimum absolute atomic E-state index is 0.0517. The van der Waals surface area contributed by atoms with Crippen LogP contribution in [0.25, 0.3) is 11.4 Å². The molecule has 1 aliphatic carbocycles. The number of hydrogen-bond acceptors (Lipinski definition) is 11. The van der Waals surface area contributed by atoms with Crippen molar-refractivity contribution in [2.45, 2.75) is 64.0 Å². The molecule has 5 heterocycles. The lowest BCUT2D eigenvalue weighted by atomic mass is 9.61. The summed E-state index contributed by atoms with van der Waals surface area (Å²) in [5, 5.41) is 7.06. The first kappa shape index (κ1) is 33.5. The van der Waals surface area contributed by atoms with Crippen LogP contribution in [0.5, 0.6) is 5.75 Å². The number of pyridine rings is 1. The van der Waals surface area contributed by atoms with Gasteiger partial charge in [0.1, 0.15) is 17.1 Å². The smallest absolute Gasteiger partial charge is 0.271 e. The van der Waals surface area contributed by atoms with Crippen LogP contribution < -0.4 is 26.0 Å². The number of likely N-dealkylation sites (N-methyl/N-ethyl adjacent to an activating group) is 1. The number of anilines is 4. The number of piperidine rings is 1. The third-order valence-corrected chi connectivity index (χ3v) is 11.2. The third kappa shape index (κ3) is 7.18. The summed E-state index contributed by atoms with van der Waals surface area (Å²) >= 11 is 0. The van der Waals surface area contributed by atoms with Crippen molar-refractivity contribution >= 4 is 28.9 Å². The van der Waals surface area contributed by atoms with Crippen molar-refractivity contribution in [2.75, 3.05) is 82.2 Å². The molecule has 2 aromatic heterocycles. The Bertz CT molecular complexity index is 1620. The van der Waals surface area contributed by atoms with E-state index in [-0.39, 0.29) is 11.7 Å². The number of nitrogens with two attached hydrogens (primary N) is 1. The van der Waals surface area contributed by atoms with Gasteiger partial charge < -0.3 is 35.6 Å². The number of amides is 1. The number of carbonyl (C=O) groups is 1. The van der Waals surface area contributed by atoms with Crippen molar-refractivity contribution in [1.82, 2.24) is 24.8 Å². The SMILES string of the molecule is CCc1cc(Nc2nc(NC3CC4(CCOCC4)C3)c(-c3ncccc3OC)nc2C(N)=O)ccc1N1CCC(N2CCN(C)CC2)CC1. The first-order valence-corrected chi connectivity index (χ1v) is 18.0. The molecule has 1 amide bonds. The van der Waals surface area contributed by atoms with E-state index in [0.717, 1.165) is 77.2 Å². The van der Waals surface area contributed by atoms with Crippen molar-refractivity contribution in [2.24, 2.45) is 11.1 Å². The fraction of sp³-hybridized carbons (Fsp3) is 0.568. The second kappa shape index (κ2) is 14.5. The van der Waals surface area contributed by atoms with Gasteiger partial charge in [-0.05, 0) is 93.3 Å². The van der Waals surface area contributed by atoms with Crippen molar-refractivity contribution in [1.29, 1.82) is 0 Å². The van der Waals surface area contributed by atoms with E-state index >= 15 is 0 Å². The standard InChI is InChI=1S/C37H51N9O3/c1-4-25-22-26(7-8-29(25)46-14-9-28(10-15-46)45-18-16-44(2)17-19-45)40-36-33(34(38)47)42-32(31-30(48-3)6-5-13-39-31)35(43-36)41-27-23-37(24-27)11-20-49-21-12-37/h5-8,13,22,27-28H,4,9-12,14-21,23-24H2,1-3H3,(H2,38,47)(H2,40,41,43). The zero-order valence-electron chi connectivity index (χ0n) is 29.2. The van der Waals surface area contributed by atoms with Crippen LogP contribution in [0.1, 0.15) is 61.5 Å². The number of nitrogens with one attached hydrogen (secondary N) is 2. The van der Waals surface area contributed by atoms with Gasteiger partial charge in [0.15, 0.2) is 17.3 Å². The first-order valence-electron chi connectivity index (χ1n) is 18.0. The lowest BCUT2D eigenvalue weighted by Gasteiger charge is -2.50. The monoisotopic (exact) mass is 669 g/mol. The maximum atomic E-state index is 12.9. The average Bonchev–Trinajstić information content (AvgIpc) is 3.12. The summed E-state index contributed by atoms with van der Waals surface area (Å²) in [4.78, 5) is 34.9. The van der Waals surface area contributed by atoms with Gasteiger partial charge in [0.2, 0.25) is 0 Å². The Balaban J connectivity index is 1.13. The zero-order valence-corrected chi connectivity index (χ0v) is 29.2. The number of benzene rings is 1. The molecule has 1 aromatic carbocycles. The summed E-state index contributed by atoms with van der Waals surface area (Å²) in [6.07, 6.45) is 9.16. The molecule has 0 unspecified atom stereocenters. The van der Waals surface area contributed by atoms with Gasteiger partial charge in [0, 0.05) is 82.1 Å². The maximum absolute atomic E-state index is 12.9. The second-order valence-corrected chi connectivity index (χ2v) is 14.3. The number of nitrogens with zero attached hydrogens (tertiary/aromatic N) is 6. The minimum atomic E-state index is -0.668. The van der Waals surface area contributed by atoms with Crippen LogP contribution in [-0.4, -0.2) is 109 Å². The lowest BCUT2D eigenvalue weighted by Crippen LogP contribution is -2.52. The molecule has 4 fully saturated rings. The maximum Gasteiger partial charge on any atom is 0.271 e. The Morgan fingerprint density at radius 1 is 1.02 bits per heavy atom. The Morgan fingerprint density at radius 2 is 1.78 bits per heavy atom. The van der Waals surface area contributed by atoms with Crippen LogP contribution in [0.3, 0.4) is 0 Å². The number of primary amides is 1. The molecule has 0 bridgehead atoms. The van der Waals surface area contributed by atoms with Crippen molar-refractivity contribution in [3.63, 3.8) is 0 Å². The van der Waals surface area contributed by atoms with E-state index in [0.29, 0.717) is 40.2 Å². The molecule has 1 spiro atoms. The fourth-order valence-corrected chi connectivity index (χ4v) is 8.24. The van der Waals surface area contributed by atoms with E-state index in [1.807, 2.05) is 6.07 Å². The van der Waals surface area contributed by atoms with E-state index in [1.165, 1.54) is 37.2 Å².